The van der Waals surface area contributed by atoms with E-state index in [4.69, 9.17) is 0 Å². The van der Waals surface area contributed by atoms with Crippen molar-refractivity contribution in [3.63, 3.8) is 0 Å². The van der Waals surface area contributed by atoms with Gasteiger partial charge in [-0.25, -0.2) is 4.98 Å². The van der Waals surface area contributed by atoms with E-state index in [0.29, 0.717) is 10.8 Å². The van der Waals surface area contributed by atoms with Gasteiger partial charge in [0.05, 0.1) is 0 Å². The van der Waals surface area contributed by atoms with Gasteiger partial charge in [0, 0.05) is 6.04 Å². The number of nitrogens with zero attached hydrogens (tertiary/aromatic N) is 3. The average molecular weight is 284 g/mol. The van der Waals surface area contributed by atoms with Crippen LogP contribution >= 0.6 is 11.5 Å². The summed E-state index contributed by atoms with van der Waals surface area (Å²) >= 11 is 1.15. The number of aromatic nitrogens is 2. The van der Waals surface area contributed by atoms with Gasteiger partial charge in [0.1, 0.15) is 5.82 Å². The molecule has 0 aromatic carbocycles. The molecule has 1 N–H and O–H groups in total. The predicted molar refractivity (Wildman–Crippen MR) is 78.6 cm³/mol. The molecule has 5 nitrogen and oxygen atoms in total. The first-order valence-corrected chi connectivity index (χ1v) is 7.67. The second-order valence-corrected chi connectivity index (χ2v) is 5.44. The van der Waals surface area contributed by atoms with E-state index in [1.165, 1.54) is 0 Å². The Kier molecular flexibility index (Phi) is 6.94. The number of hydrogen-bond donors (Lipinski definition) is 1. The fourth-order valence-corrected chi connectivity index (χ4v) is 2.48. The summed E-state index contributed by atoms with van der Waals surface area (Å²) < 4.78 is 4.02. The van der Waals surface area contributed by atoms with E-state index >= 15 is 0 Å². The molecule has 1 rings (SSSR count). The van der Waals surface area contributed by atoms with Crippen molar-refractivity contribution < 1.29 is 4.79 Å². The standard InChI is InChI=1S/C13H24N4OS/c1-5-17(6-2)9-7-8-10(3)14-12(18)13-15-11(4)16-19-13/h10H,5-9H2,1-4H3,(H,14,18). The molecule has 0 bridgehead atoms. The van der Waals surface area contributed by atoms with Crippen molar-refractivity contribution in [3.8, 4) is 0 Å². The quantitative estimate of drug-likeness (QED) is 0.794. The molecule has 0 aliphatic rings. The summed E-state index contributed by atoms with van der Waals surface area (Å²) in [4.78, 5) is 18.3. The van der Waals surface area contributed by atoms with E-state index in [9.17, 15) is 4.79 Å². The molecule has 6 heteroatoms. The van der Waals surface area contributed by atoms with Crippen LogP contribution in [-0.4, -0.2) is 45.8 Å². The van der Waals surface area contributed by atoms with E-state index in [1.807, 2.05) is 6.92 Å². The molecule has 0 aliphatic heterocycles. The Morgan fingerprint density at radius 1 is 1.42 bits per heavy atom. The van der Waals surface area contributed by atoms with Gasteiger partial charge in [-0.2, -0.15) is 4.37 Å². The van der Waals surface area contributed by atoms with Gasteiger partial charge in [-0.3, -0.25) is 4.79 Å². The highest BCUT2D eigenvalue weighted by Gasteiger charge is 2.13. The molecule has 1 aromatic heterocycles. The average Bonchev–Trinajstić information content (AvgIpc) is 2.81. The minimum absolute atomic E-state index is 0.110. The van der Waals surface area contributed by atoms with Crippen LogP contribution in [0.1, 0.15) is 49.2 Å². The van der Waals surface area contributed by atoms with Gasteiger partial charge >= 0.3 is 0 Å². The van der Waals surface area contributed by atoms with Gasteiger partial charge < -0.3 is 10.2 Å². The molecular formula is C13H24N4OS. The van der Waals surface area contributed by atoms with Crippen LogP contribution in [0.4, 0.5) is 0 Å². The van der Waals surface area contributed by atoms with Crippen LogP contribution in [0.25, 0.3) is 0 Å². The number of rotatable bonds is 8. The highest BCUT2D eigenvalue weighted by molar-refractivity contribution is 7.07. The van der Waals surface area contributed by atoms with Crippen LogP contribution in [0.3, 0.4) is 0 Å². The van der Waals surface area contributed by atoms with Crippen molar-refractivity contribution in [2.75, 3.05) is 19.6 Å². The Morgan fingerprint density at radius 2 is 2.11 bits per heavy atom. The van der Waals surface area contributed by atoms with Gasteiger partial charge in [-0.15, -0.1) is 0 Å². The molecule has 0 saturated carbocycles. The third kappa shape index (κ3) is 5.65. The molecule has 108 valence electrons. The van der Waals surface area contributed by atoms with Crippen LogP contribution in [0.5, 0.6) is 0 Å². The molecule has 0 saturated heterocycles. The number of carbonyl (C=O) groups is 1. The molecule has 1 heterocycles. The SMILES string of the molecule is CCN(CC)CCCC(C)NC(=O)c1nc(C)ns1. The van der Waals surface area contributed by atoms with Gasteiger partial charge in [-0.1, -0.05) is 13.8 Å². The number of aryl methyl sites for hydroxylation is 1. The highest BCUT2D eigenvalue weighted by Crippen LogP contribution is 2.05. The maximum Gasteiger partial charge on any atom is 0.282 e. The van der Waals surface area contributed by atoms with E-state index in [2.05, 4.69) is 33.4 Å². The van der Waals surface area contributed by atoms with Crippen molar-refractivity contribution in [1.29, 1.82) is 0 Å². The Labute approximate surface area is 119 Å². The van der Waals surface area contributed by atoms with Gasteiger partial charge in [-0.05, 0) is 57.9 Å². The first-order chi connectivity index (χ1) is 9.06. The lowest BCUT2D eigenvalue weighted by molar-refractivity contribution is 0.0936. The number of carbonyl (C=O) groups excluding carboxylic acids is 1. The predicted octanol–water partition coefficient (Wildman–Crippen LogP) is 2.09. The molecule has 0 aliphatic carbocycles. The van der Waals surface area contributed by atoms with Gasteiger partial charge in [0.2, 0.25) is 5.01 Å². The lowest BCUT2D eigenvalue weighted by atomic mass is 10.1. The van der Waals surface area contributed by atoms with Gasteiger partial charge in [0.15, 0.2) is 0 Å². The fourth-order valence-electron chi connectivity index (χ4n) is 1.91. The lowest BCUT2D eigenvalue weighted by Gasteiger charge is -2.19. The van der Waals surface area contributed by atoms with Crippen LogP contribution in [-0.2, 0) is 0 Å². The minimum Gasteiger partial charge on any atom is -0.347 e. The van der Waals surface area contributed by atoms with Crippen molar-refractivity contribution in [1.82, 2.24) is 19.6 Å². The van der Waals surface area contributed by atoms with Crippen LogP contribution in [0.2, 0.25) is 0 Å². The first-order valence-electron chi connectivity index (χ1n) is 6.90. The second kappa shape index (κ2) is 8.22. The van der Waals surface area contributed by atoms with E-state index in [1.54, 1.807) is 6.92 Å². The maximum absolute atomic E-state index is 11.9. The maximum atomic E-state index is 11.9. The monoisotopic (exact) mass is 284 g/mol. The Hall–Kier alpha value is -1.01. The lowest BCUT2D eigenvalue weighted by Crippen LogP contribution is -2.33. The fraction of sp³-hybridized carbons (Fsp3) is 0.769. The zero-order valence-electron chi connectivity index (χ0n) is 12.3. The minimum atomic E-state index is -0.110. The summed E-state index contributed by atoms with van der Waals surface area (Å²) in [7, 11) is 0. The normalized spacial score (nSPS) is 12.7. The largest absolute Gasteiger partial charge is 0.347 e. The number of amides is 1. The number of nitrogens with one attached hydrogen (secondary N) is 1. The summed E-state index contributed by atoms with van der Waals surface area (Å²) in [6, 6.07) is 0.173. The summed E-state index contributed by atoms with van der Waals surface area (Å²) in [6.45, 7) is 11.4. The molecule has 1 aromatic rings. The molecule has 1 atom stereocenters. The van der Waals surface area contributed by atoms with Gasteiger partial charge in [0.25, 0.3) is 5.91 Å². The zero-order chi connectivity index (χ0) is 14.3. The molecule has 1 amide bonds. The van der Waals surface area contributed by atoms with E-state index in [-0.39, 0.29) is 11.9 Å². The molecule has 0 spiro atoms. The molecule has 1 unspecified atom stereocenters. The Bertz CT molecular complexity index is 390. The van der Waals surface area contributed by atoms with Crippen LogP contribution < -0.4 is 5.32 Å². The first kappa shape index (κ1) is 16.0. The zero-order valence-corrected chi connectivity index (χ0v) is 13.1. The topological polar surface area (TPSA) is 58.1 Å². The van der Waals surface area contributed by atoms with Crippen molar-refractivity contribution >= 4 is 17.4 Å². The van der Waals surface area contributed by atoms with E-state index < -0.39 is 0 Å². The van der Waals surface area contributed by atoms with Crippen LogP contribution in [0.15, 0.2) is 0 Å². The van der Waals surface area contributed by atoms with Crippen molar-refractivity contribution in [3.05, 3.63) is 10.8 Å². The molecule has 0 fully saturated rings. The third-order valence-corrected chi connectivity index (χ3v) is 3.91. The Morgan fingerprint density at radius 3 is 2.63 bits per heavy atom. The summed E-state index contributed by atoms with van der Waals surface area (Å²) in [6.07, 6.45) is 2.08. The second-order valence-electron chi connectivity index (χ2n) is 4.69. The van der Waals surface area contributed by atoms with E-state index in [0.717, 1.165) is 44.0 Å². The van der Waals surface area contributed by atoms with Crippen molar-refractivity contribution in [2.45, 2.75) is 46.6 Å². The highest BCUT2D eigenvalue weighted by atomic mass is 32.1. The summed E-state index contributed by atoms with van der Waals surface area (Å²) in [5.41, 5.74) is 0. The number of hydrogen-bond acceptors (Lipinski definition) is 5. The molecular weight excluding hydrogens is 260 g/mol. The Balaban J connectivity index is 2.27. The smallest absolute Gasteiger partial charge is 0.282 e. The molecule has 0 radical (unpaired) electrons. The third-order valence-electron chi connectivity index (χ3n) is 3.11. The van der Waals surface area contributed by atoms with Crippen molar-refractivity contribution in [2.24, 2.45) is 0 Å². The summed E-state index contributed by atoms with van der Waals surface area (Å²) in [5.74, 6) is 0.547. The molecule has 19 heavy (non-hydrogen) atoms. The summed E-state index contributed by atoms with van der Waals surface area (Å²) in [5, 5.41) is 3.42. The van der Waals surface area contributed by atoms with Crippen LogP contribution in [0, 0.1) is 6.92 Å².